The molecule has 0 aliphatic carbocycles. The van der Waals surface area contributed by atoms with Gasteiger partial charge in [0.15, 0.2) is 0 Å². The van der Waals surface area contributed by atoms with Crippen LogP contribution in [-0.2, 0) is 9.59 Å². The van der Waals surface area contributed by atoms with Crippen LogP contribution >= 0.6 is 0 Å². The molecule has 0 saturated heterocycles. The van der Waals surface area contributed by atoms with E-state index < -0.39 is 0 Å². The van der Waals surface area contributed by atoms with E-state index in [9.17, 15) is 9.59 Å². The average molecular weight is 342 g/mol. The van der Waals surface area contributed by atoms with Gasteiger partial charge in [0.1, 0.15) is 24.7 Å². The van der Waals surface area contributed by atoms with Gasteiger partial charge in [0.05, 0.1) is 5.69 Å². The van der Waals surface area contributed by atoms with Gasteiger partial charge in [-0.15, -0.1) is 0 Å². The van der Waals surface area contributed by atoms with Crippen LogP contribution in [0.1, 0.15) is 13.3 Å². The minimum Gasteiger partial charge on any atom is -0.490 e. The van der Waals surface area contributed by atoms with Gasteiger partial charge < -0.3 is 20.1 Å². The third-order valence-electron chi connectivity index (χ3n) is 3.24. The summed E-state index contributed by atoms with van der Waals surface area (Å²) in [5.74, 6) is 1.01. The molecule has 0 atom stereocenters. The van der Waals surface area contributed by atoms with E-state index in [1.165, 1.54) is 6.92 Å². The Bertz CT molecular complexity index is 689. The molecule has 0 fully saturated rings. The number of nitrogens with one attached hydrogen (secondary N) is 2. The van der Waals surface area contributed by atoms with Gasteiger partial charge in [-0.2, -0.15) is 0 Å². The van der Waals surface area contributed by atoms with Gasteiger partial charge in [-0.1, -0.05) is 30.3 Å². The number of amides is 2. The summed E-state index contributed by atoms with van der Waals surface area (Å²) in [7, 11) is 0. The molecule has 0 spiro atoms. The maximum atomic E-state index is 11.9. The van der Waals surface area contributed by atoms with Crippen LogP contribution in [0.15, 0.2) is 54.6 Å². The number of anilines is 1. The van der Waals surface area contributed by atoms with Gasteiger partial charge in [0.2, 0.25) is 11.8 Å². The summed E-state index contributed by atoms with van der Waals surface area (Å²) in [6.07, 6.45) is 0.199. The summed E-state index contributed by atoms with van der Waals surface area (Å²) in [4.78, 5) is 22.7. The van der Waals surface area contributed by atoms with Crippen LogP contribution in [0.3, 0.4) is 0 Å². The summed E-state index contributed by atoms with van der Waals surface area (Å²) < 4.78 is 11.3. The fraction of sp³-hybridized carbons (Fsp3) is 0.263. The molecule has 0 aliphatic rings. The first-order valence-corrected chi connectivity index (χ1v) is 8.09. The van der Waals surface area contributed by atoms with Crippen molar-refractivity contribution in [3.05, 3.63) is 54.6 Å². The second-order valence-electron chi connectivity index (χ2n) is 5.29. The van der Waals surface area contributed by atoms with Gasteiger partial charge in [-0.25, -0.2) is 0 Å². The molecule has 2 aromatic rings. The third kappa shape index (κ3) is 6.95. The van der Waals surface area contributed by atoms with E-state index >= 15 is 0 Å². The minimum atomic E-state index is -0.190. The number of carbonyl (C=O) groups excluding carboxylic acids is 2. The smallest absolute Gasteiger partial charge is 0.226 e. The van der Waals surface area contributed by atoms with Crippen LogP contribution in [0.4, 0.5) is 5.69 Å². The molecule has 0 saturated carbocycles. The first kappa shape index (κ1) is 18.3. The van der Waals surface area contributed by atoms with Crippen LogP contribution in [0, 0.1) is 0 Å². The molecule has 2 aromatic carbocycles. The summed E-state index contributed by atoms with van der Waals surface area (Å²) in [5, 5.41) is 5.37. The van der Waals surface area contributed by atoms with E-state index in [-0.39, 0.29) is 18.2 Å². The van der Waals surface area contributed by atoms with Crippen molar-refractivity contribution in [1.29, 1.82) is 0 Å². The summed E-state index contributed by atoms with van der Waals surface area (Å²) in [6, 6.07) is 16.7. The Morgan fingerprint density at radius 2 is 1.60 bits per heavy atom. The lowest BCUT2D eigenvalue weighted by atomic mass is 10.2. The Morgan fingerprint density at radius 1 is 0.920 bits per heavy atom. The van der Waals surface area contributed by atoms with Crippen molar-refractivity contribution in [3.63, 3.8) is 0 Å². The minimum absolute atomic E-state index is 0.157. The first-order valence-electron chi connectivity index (χ1n) is 8.09. The van der Waals surface area contributed by atoms with Gasteiger partial charge in [-0.05, 0) is 24.3 Å². The van der Waals surface area contributed by atoms with Crippen molar-refractivity contribution in [2.45, 2.75) is 13.3 Å². The highest BCUT2D eigenvalue weighted by molar-refractivity contribution is 5.92. The number of benzene rings is 2. The molecule has 2 N–H and O–H groups in total. The molecule has 2 rings (SSSR count). The van der Waals surface area contributed by atoms with Crippen LogP contribution in [-0.4, -0.2) is 31.6 Å². The standard InChI is InChI=1S/C19H22N2O4/c1-15(22)20-12-11-19(23)21-17-9-5-6-10-18(17)25-14-13-24-16-7-3-2-4-8-16/h2-10H,11-14H2,1H3,(H,20,22)(H,21,23). The molecule has 6 nitrogen and oxygen atoms in total. The van der Waals surface area contributed by atoms with E-state index in [4.69, 9.17) is 9.47 Å². The molecule has 6 heteroatoms. The summed E-state index contributed by atoms with van der Waals surface area (Å²) in [6.45, 7) is 2.47. The summed E-state index contributed by atoms with van der Waals surface area (Å²) in [5.41, 5.74) is 0.593. The Morgan fingerprint density at radius 3 is 2.36 bits per heavy atom. The normalized spacial score (nSPS) is 9.96. The Labute approximate surface area is 147 Å². The van der Waals surface area contributed by atoms with Crippen molar-refractivity contribution in [2.24, 2.45) is 0 Å². The molecule has 0 aliphatic heterocycles. The fourth-order valence-corrected chi connectivity index (χ4v) is 2.09. The molecule has 0 unspecified atom stereocenters. The van der Waals surface area contributed by atoms with Crippen molar-refractivity contribution in [2.75, 3.05) is 25.1 Å². The third-order valence-corrected chi connectivity index (χ3v) is 3.24. The molecule has 132 valence electrons. The zero-order chi connectivity index (χ0) is 17.9. The van der Waals surface area contributed by atoms with Crippen molar-refractivity contribution >= 4 is 17.5 Å². The van der Waals surface area contributed by atoms with Gasteiger partial charge in [0, 0.05) is 19.9 Å². The zero-order valence-electron chi connectivity index (χ0n) is 14.2. The number of carbonyl (C=O) groups is 2. The molecular weight excluding hydrogens is 320 g/mol. The predicted molar refractivity (Wildman–Crippen MR) is 95.8 cm³/mol. The Balaban J connectivity index is 1.79. The average Bonchev–Trinajstić information content (AvgIpc) is 2.60. The van der Waals surface area contributed by atoms with Crippen LogP contribution in [0.5, 0.6) is 11.5 Å². The lowest BCUT2D eigenvalue weighted by molar-refractivity contribution is -0.119. The lowest BCUT2D eigenvalue weighted by Crippen LogP contribution is -2.25. The van der Waals surface area contributed by atoms with Crippen molar-refractivity contribution in [3.8, 4) is 11.5 Å². The monoisotopic (exact) mass is 342 g/mol. The van der Waals surface area contributed by atoms with Crippen LogP contribution < -0.4 is 20.1 Å². The highest BCUT2D eigenvalue weighted by Gasteiger charge is 2.08. The number of ether oxygens (including phenoxy) is 2. The van der Waals surface area contributed by atoms with E-state index in [0.29, 0.717) is 31.2 Å². The second kappa shape index (κ2) is 9.97. The summed E-state index contributed by atoms with van der Waals surface area (Å²) >= 11 is 0. The highest BCUT2D eigenvalue weighted by Crippen LogP contribution is 2.23. The number of rotatable bonds is 9. The van der Waals surface area contributed by atoms with Gasteiger partial charge in [0.25, 0.3) is 0 Å². The van der Waals surface area contributed by atoms with Crippen molar-refractivity contribution in [1.82, 2.24) is 5.32 Å². The lowest BCUT2D eigenvalue weighted by Gasteiger charge is -2.13. The second-order valence-corrected chi connectivity index (χ2v) is 5.29. The molecule has 0 aromatic heterocycles. The van der Waals surface area contributed by atoms with E-state index in [2.05, 4.69) is 10.6 Å². The Kier molecular flexibility index (Phi) is 7.31. The molecule has 0 heterocycles. The fourth-order valence-electron chi connectivity index (χ4n) is 2.09. The molecule has 0 bridgehead atoms. The molecule has 2 amide bonds. The predicted octanol–water partition coefficient (Wildman–Crippen LogP) is 2.61. The molecule has 0 radical (unpaired) electrons. The number of hydrogen-bond acceptors (Lipinski definition) is 4. The largest absolute Gasteiger partial charge is 0.490 e. The maximum Gasteiger partial charge on any atom is 0.226 e. The maximum absolute atomic E-state index is 11.9. The first-order chi connectivity index (χ1) is 12.1. The topological polar surface area (TPSA) is 76.7 Å². The van der Waals surface area contributed by atoms with Crippen molar-refractivity contribution < 1.29 is 19.1 Å². The number of hydrogen-bond donors (Lipinski definition) is 2. The van der Waals surface area contributed by atoms with Gasteiger partial charge >= 0.3 is 0 Å². The van der Waals surface area contributed by atoms with E-state index in [1.54, 1.807) is 12.1 Å². The SMILES string of the molecule is CC(=O)NCCC(=O)Nc1ccccc1OCCOc1ccccc1. The van der Waals surface area contributed by atoms with Gasteiger partial charge in [-0.3, -0.25) is 9.59 Å². The number of para-hydroxylation sites is 3. The quantitative estimate of drug-likeness (QED) is 0.687. The van der Waals surface area contributed by atoms with E-state index in [1.807, 2.05) is 42.5 Å². The Hall–Kier alpha value is -3.02. The molecular formula is C19H22N2O4. The van der Waals surface area contributed by atoms with Crippen LogP contribution in [0.25, 0.3) is 0 Å². The van der Waals surface area contributed by atoms with E-state index in [0.717, 1.165) is 5.75 Å². The highest BCUT2D eigenvalue weighted by atomic mass is 16.5. The zero-order valence-corrected chi connectivity index (χ0v) is 14.2. The van der Waals surface area contributed by atoms with Crippen LogP contribution in [0.2, 0.25) is 0 Å². The molecule has 25 heavy (non-hydrogen) atoms.